The summed E-state index contributed by atoms with van der Waals surface area (Å²) in [4.78, 5) is 11.8. The van der Waals surface area contributed by atoms with Gasteiger partial charge < -0.3 is 15.6 Å². The second-order valence-corrected chi connectivity index (χ2v) is 6.45. The summed E-state index contributed by atoms with van der Waals surface area (Å²) in [6.07, 6.45) is -1.95. The maximum Gasteiger partial charge on any atom is 0.422 e. The molecule has 1 aromatic rings. The molecular weight excluding hydrogens is 347 g/mol. The van der Waals surface area contributed by atoms with E-state index in [2.05, 4.69) is 0 Å². The predicted molar refractivity (Wildman–Crippen MR) is 84.3 cm³/mol. The fourth-order valence-corrected chi connectivity index (χ4v) is 3.23. The van der Waals surface area contributed by atoms with Crippen LogP contribution in [0.5, 0.6) is 5.75 Å². The number of ether oxygens (including phenoxy) is 1. The lowest BCUT2D eigenvalue weighted by atomic mass is 9.81. The zero-order valence-corrected chi connectivity index (χ0v) is 13.8. The first kappa shape index (κ1) is 18.7. The SMILES string of the molecule is CCC(C1CC1)C(C(=O)O)c1cc(Cl)c(N)c(OCC(F)(F)F)c1. The van der Waals surface area contributed by atoms with E-state index in [0.717, 1.165) is 12.8 Å². The topological polar surface area (TPSA) is 72.5 Å². The number of carbonyl (C=O) groups is 1. The second kappa shape index (κ2) is 7.09. The average Bonchev–Trinajstić information content (AvgIpc) is 3.29. The minimum atomic E-state index is -4.53. The Morgan fingerprint density at radius 3 is 2.54 bits per heavy atom. The van der Waals surface area contributed by atoms with Gasteiger partial charge in [-0.1, -0.05) is 24.9 Å². The van der Waals surface area contributed by atoms with Crippen molar-refractivity contribution >= 4 is 23.3 Å². The first-order valence-electron chi connectivity index (χ1n) is 7.65. The fraction of sp³-hybridized carbons (Fsp3) is 0.562. The second-order valence-electron chi connectivity index (χ2n) is 6.04. The fourth-order valence-electron chi connectivity index (χ4n) is 3.01. The monoisotopic (exact) mass is 365 g/mol. The highest BCUT2D eigenvalue weighted by atomic mass is 35.5. The van der Waals surface area contributed by atoms with E-state index in [-0.39, 0.29) is 22.4 Å². The molecule has 8 heteroatoms. The molecule has 0 heterocycles. The van der Waals surface area contributed by atoms with Crippen LogP contribution >= 0.6 is 11.6 Å². The lowest BCUT2D eigenvalue weighted by Gasteiger charge is -2.24. The highest BCUT2D eigenvalue weighted by Crippen LogP contribution is 2.47. The van der Waals surface area contributed by atoms with Crippen molar-refractivity contribution in [3.8, 4) is 5.75 Å². The molecule has 1 fully saturated rings. The van der Waals surface area contributed by atoms with Gasteiger partial charge in [-0.15, -0.1) is 0 Å². The van der Waals surface area contributed by atoms with Crippen molar-refractivity contribution in [1.82, 2.24) is 0 Å². The number of aliphatic carboxylic acids is 1. The van der Waals surface area contributed by atoms with Gasteiger partial charge in [-0.25, -0.2) is 0 Å². The summed E-state index contributed by atoms with van der Waals surface area (Å²) < 4.78 is 41.8. The Bertz CT molecular complexity index is 617. The van der Waals surface area contributed by atoms with Crippen molar-refractivity contribution in [3.63, 3.8) is 0 Å². The maximum absolute atomic E-state index is 12.4. The van der Waals surface area contributed by atoms with E-state index >= 15 is 0 Å². The van der Waals surface area contributed by atoms with Crippen LogP contribution in [0.1, 0.15) is 37.7 Å². The van der Waals surface area contributed by atoms with Gasteiger partial charge >= 0.3 is 12.1 Å². The molecule has 1 aliphatic rings. The number of nitrogen functional groups attached to an aromatic ring is 1. The number of hydrogen-bond donors (Lipinski definition) is 2. The van der Waals surface area contributed by atoms with E-state index in [9.17, 15) is 23.1 Å². The normalized spacial score (nSPS) is 17.4. The van der Waals surface area contributed by atoms with Crippen molar-refractivity contribution in [2.75, 3.05) is 12.3 Å². The highest BCUT2D eigenvalue weighted by molar-refractivity contribution is 6.33. The molecule has 0 bridgehead atoms. The Labute approximate surface area is 142 Å². The summed E-state index contributed by atoms with van der Waals surface area (Å²) in [5.74, 6) is -1.92. The van der Waals surface area contributed by atoms with Crippen LogP contribution in [0.2, 0.25) is 5.02 Å². The summed E-state index contributed by atoms with van der Waals surface area (Å²) in [6, 6.07) is 2.66. The molecule has 0 saturated heterocycles. The number of halogens is 4. The number of alkyl halides is 3. The molecule has 0 spiro atoms. The zero-order valence-electron chi connectivity index (χ0n) is 13.1. The maximum atomic E-state index is 12.4. The first-order chi connectivity index (χ1) is 11.1. The van der Waals surface area contributed by atoms with Crippen LogP contribution in [0.3, 0.4) is 0 Å². The Balaban J connectivity index is 2.36. The Morgan fingerprint density at radius 1 is 1.46 bits per heavy atom. The van der Waals surface area contributed by atoms with Crippen LogP contribution in [0, 0.1) is 11.8 Å². The Morgan fingerprint density at radius 2 is 2.08 bits per heavy atom. The predicted octanol–water partition coefficient (Wildman–Crippen LogP) is 4.47. The highest BCUT2D eigenvalue weighted by Gasteiger charge is 2.40. The Kier molecular flexibility index (Phi) is 5.52. The number of anilines is 1. The Hall–Kier alpha value is -1.63. The number of carboxylic acid groups (broad SMARTS) is 1. The number of carboxylic acids is 1. The third-order valence-corrected chi connectivity index (χ3v) is 4.57. The van der Waals surface area contributed by atoms with Crippen molar-refractivity contribution in [2.24, 2.45) is 11.8 Å². The van der Waals surface area contributed by atoms with Crippen molar-refractivity contribution in [2.45, 2.75) is 38.3 Å². The number of rotatable bonds is 7. The van der Waals surface area contributed by atoms with Gasteiger partial charge in [0.25, 0.3) is 0 Å². The molecule has 0 radical (unpaired) electrons. The summed E-state index contributed by atoms with van der Waals surface area (Å²) >= 11 is 5.98. The molecule has 2 unspecified atom stereocenters. The van der Waals surface area contributed by atoms with Gasteiger partial charge in [0.05, 0.1) is 16.6 Å². The molecule has 3 N–H and O–H groups in total. The molecule has 24 heavy (non-hydrogen) atoms. The van der Waals surface area contributed by atoms with E-state index in [1.54, 1.807) is 0 Å². The molecular formula is C16H19ClF3NO3. The van der Waals surface area contributed by atoms with Gasteiger partial charge in [-0.05, 0) is 42.4 Å². The molecule has 1 aliphatic carbocycles. The quantitative estimate of drug-likeness (QED) is 0.699. The van der Waals surface area contributed by atoms with Crippen LogP contribution < -0.4 is 10.5 Å². The minimum absolute atomic E-state index is 0.0124. The minimum Gasteiger partial charge on any atom is -0.482 e. The van der Waals surface area contributed by atoms with Gasteiger partial charge in [0, 0.05) is 0 Å². The summed E-state index contributed by atoms with van der Waals surface area (Å²) in [5, 5.41) is 9.61. The van der Waals surface area contributed by atoms with Crippen LogP contribution in [-0.4, -0.2) is 23.9 Å². The molecule has 0 aromatic heterocycles. The van der Waals surface area contributed by atoms with E-state index in [0.29, 0.717) is 17.9 Å². The van der Waals surface area contributed by atoms with Gasteiger partial charge in [-0.2, -0.15) is 13.2 Å². The van der Waals surface area contributed by atoms with Gasteiger partial charge in [0.1, 0.15) is 5.75 Å². The van der Waals surface area contributed by atoms with Crippen LogP contribution in [0.15, 0.2) is 12.1 Å². The molecule has 2 rings (SSSR count). The van der Waals surface area contributed by atoms with Gasteiger partial charge in [-0.3, -0.25) is 4.79 Å². The standard InChI is InChI=1S/C16H19ClF3NO3/c1-2-10(8-3-4-8)13(15(22)23)9-5-11(17)14(21)12(6-9)24-7-16(18,19)20/h5-6,8,10,13H,2-4,7,21H2,1H3,(H,22,23). The third-order valence-electron chi connectivity index (χ3n) is 4.26. The average molecular weight is 366 g/mol. The van der Waals surface area contributed by atoms with Gasteiger partial charge in [0.15, 0.2) is 6.61 Å². The van der Waals surface area contributed by atoms with Crippen LogP contribution in [0.4, 0.5) is 18.9 Å². The van der Waals surface area contributed by atoms with Crippen LogP contribution in [0.25, 0.3) is 0 Å². The summed E-state index contributed by atoms with van der Waals surface area (Å²) in [6.45, 7) is 0.382. The largest absolute Gasteiger partial charge is 0.482 e. The van der Waals surface area contributed by atoms with Crippen molar-refractivity contribution in [1.29, 1.82) is 0 Å². The number of nitrogens with two attached hydrogens (primary N) is 1. The number of hydrogen-bond acceptors (Lipinski definition) is 3. The summed E-state index contributed by atoms with van der Waals surface area (Å²) in [7, 11) is 0. The van der Waals surface area contributed by atoms with Gasteiger partial charge in [0.2, 0.25) is 0 Å². The molecule has 1 aromatic carbocycles. The number of benzene rings is 1. The lowest BCUT2D eigenvalue weighted by molar-refractivity contribution is -0.153. The molecule has 134 valence electrons. The lowest BCUT2D eigenvalue weighted by Crippen LogP contribution is -2.23. The van der Waals surface area contributed by atoms with E-state index in [1.807, 2.05) is 6.92 Å². The first-order valence-corrected chi connectivity index (χ1v) is 8.03. The van der Waals surface area contributed by atoms with Crippen LogP contribution in [-0.2, 0) is 4.79 Å². The smallest absolute Gasteiger partial charge is 0.422 e. The third kappa shape index (κ3) is 4.47. The molecule has 2 atom stereocenters. The molecule has 4 nitrogen and oxygen atoms in total. The molecule has 0 aliphatic heterocycles. The van der Waals surface area contributed by atoms with E-state index in [4.69, 9.17) is 22.1 Å². The zero-order chi connectivity index (χ0) is 18.1. The molecule has 0 amide bonds. The van der Waals surface area contributed by atoms with E-state index < -0.39 is 24.7 Å². The van der Waals surface area contributed by atoms with Crippen molar-refractivity contribution < 1.29 is 27.8 Å². The van der Waals surface area contributed by atoms with Crippen molar-refractivity contribution in [3.05, 3.63) is 22.7 Å². The van der Waals surface area contributed by atoms with E-state index in [1.165, 1.54) is 12.1 Å². The summed E-state index contributed by atoms with van der Waals surface area (Å²) in [5.41, 5.74) is 5.85. The molecule has 1 saturated carbocycles.